The van der Waals surface area contributed by atoms with E-state index in [2.05, 4.69) is 4.98 Å². The Morgan fingerprint density at radius 3 is 3.06 bits per heavy atom. The predicted octanol–water partition coefficient (Wildman–Crippen LogP) is 4.33. The summed E-state index contributed by atoms with van der Waals surface area (Å²) in [6, 6.07) is 1.17. The van der Waals surface area contributed by atoms with E-state index in [1.54, 1.807) is 12.0 Å². The second-order valence-electron chi connectivity index (χ2n) is 10.0. The molecule has 9 heteroatoms. The number of hydrogen-bond acceptors (Lipinski definition) is 5. The number of hydrogen-bond donors (Lipinski definition) is 0. The number of methoxy groups -OCH3 is 1. The molecular weight excluding hydrogens is 453 g/mol. The number of rotatable bonds is 4. The predicted molar refractivity (Wildman–Crippen MR) is 119 cm³/mol. The standard InChI is InChI=1S/C24H31F3N2O3S/c1-31-20-14-32-6-3-16(20)8-15-9-21-23(11-15,4-7-33-21)22(30)29-5-2-19-17(13-29)10-18(12-28-19)24(25,26)27/h10,12,15-16,20-21H,2-9,11,13-14H2,1H3/t15-,16?,20?,21-,23-/m1/s1. The minimum absolute atomic E-state index is 0.118. The van der Waals surface area contributed by atoms with Crippen molar-refractivity contribution in [2.24, 2.45) is 17.3 Å². The van der Waals surface area contributed by atoms with Gasteiger partial charge in [-0.2, -0.15) is 24.9 Å². The molecule has 2 saturated heterocycles. The first-order valence-electron chi connectivity index (χ1n) is 11.9. The third kappa shape index (κ3) is 4.41. The van der Waals surface area contributed by atoms with Crippen LogP contribution in [-0.2, 0) is 33.4 Å². The van der Waals surface area contributed by atoms with Gasteiger partial charge < -0.3 is 14.4 Å². The van der Waals surface area contributed by atoms with Gasteiger partial charge >= 0.3 is 6.18 Å². The summed E-state index contributed by atoms with van der Waals surface area (Å²) in [6.45, 7) is 2.15. The topological polar surface area (TPSA) is 51.7 Å². The lowest BCUT2D eigenvalue weighted by atomic mass is 9.78. The summed E-state index contributed by atoms with van der Waals surface area (Å²) in [5, 5.41) is 0.303. The molecule has 0 radical (unpaired) electrons. The van der Waals surface area contributed by atoms with Crippen molar-refractivity contribution in [3.8, 4) is 0 Å². The van der Waals surface area contributed by atoms with Gasteiger partial charge in [-0.15, -0.1) is 0 Å². The fourth-order valence-electron chi connectivity index (χ4n) is 6.43. The van der Waals surface area contributed by atoms with Crippen LogP contribution in [-0.4, -0.2) is 59.8 Å². The van der Waals surface area contributed by atoms with Gasteiger partial charge in [-0.05, 0) is 61.3 Å². The average Bonchev–Trinajstić information content (AvgIpc) is 3.35. The van der Waals surface area contributed by atoms with Gasteiger partial charge in [-0.3, -0.25) is 9.78 Å². The van der Waals surface area contributed by atoms with E-state index < -0.39 is 11.7 Å². The SMILES string of the molecule is COC1COCCC1C[C@@H]1C[C@H]2SCC[C@@]2(C(=O)N2CCc3ncc(C(F)(F)F)cc3C2)C1. The monoisotopic (exact) mass is 484 g/mol. The van der Waals surface area contributed by atoms with Gasteiger partial charge in [0.1, 0.15) is 0 Å². The molecule has 1 aromatic heterocycles. The van der Waals surface area contributed by atoms with Gasteiger partial charge in [-0.25, -0.2) is 0 Å². The molecule has 0 spiro atoms. The first-order chi connectivity index (χ1) is 15.8. The van der Waals surface area contributed by atoms with Crippen molar-refractivity contribution in [1.82, 2.24) is 9.88 Å². The number of nitrogens with zero attached hydrogens (tertiary/aromatic N) is 2. The minimum atomic E-state index is -4.43. The van der Waals surface area contributed by atoms with E-state index in [4.69, 9.17) is 9.47 Å². The van der Waals surface area contributed by atoms with Crippen molar-refractivity contribution in [3.63, 3.8) is 0 Å². The van der Waals surface area contributed by atoms with Crippen molar-refractivity contribution in [1.29, 1.82) is 0 Å². The molecule has 33 heavy (non-hydrogen) atoms. The molecular formula is C24H31F3N2O3S. The number of carbonyl (C=O) groups excluding carboxylic acids is 1. The molecule has 3 fully saturated rings. The fourth-order valence-corrected chi connectivity index (χ4v) is 8.24. The van der Waals surface area contributed by atoms with Gasteiger partial charge in [0, 0.05) is 50.4 Å². The van der Waals surface area contributed by atoms with E-state index in [1.807, 2.05) is 11.8 Å². The van der Waals surface area contributed by atoms with Gasteiger partial charge in [0.25, 0.3) is 0 Å². The number of alkyl halides is 3. The van der Waals surface area contributed by atoms with Crippen molar-refractivity contribution in [2.45, 2.75) is 62.6 Å². The second kappa shape index (κ2) is 9.04. The molecule has 5 rings (SSSR count). The molecule has 0 N–H and O–H groups in total. The number of carbonyl (C=O) groups is 1. The van der Waals surface area contributed by atoms with Crippen LogP contribution in [0, 0.1) is 17.3 Å². The Kier molecular flexibility index (Phi) is 6.42. The summed E-state index contributed by atoms with van der Waals surface area (Å²) in [4.78, 5) is 19.7. The maximum absolute atomic E-state index is 13.9. The highest BCUT2D eigenvalue weighted by Crippen LogP contribution is 2.58. The molecule has 2 unspecified atom stereocenters. The van der Waals surface area contributed by atoms with Gasteiger partial charge in [0.05, 0.1) is 23.7 Å². The molecule has 0 bridgehead atoms. The van der Waals surface area contributed by atoms with Gasteiger partial charge in [-0.1, -0.05) is 0 Å². The van der Waals surface area contributed by atoms with E-state index >= 15 is 0 Å². The highest BCUT2D eigenvalue weighted by Gasteiger charge is 2.57. The first-order valence-corrected chi connectivity index (χ1v) is 12.9. The number of aromatic nitrogens is 1. The molecule has 0 aromatic carbocycles. The Morgan fingerprint density at radius 2 is 2.27 bits per heavy atom. The van der Waals surface area contributed by atoms with Crippen LogP contribution in [0.1, 0.15) is 48.9 Å². The van der Waals surface area contributed by atoms with Gasteiger partial charge in [0.15, 0.2) is 0 Å². The fraction of sp³-hybridized carbons (Fsp3) is 0.750. The molecule has 5 nitrogen and oxygen atoms in total. The summed E-state index contributed by atoms with van der Waals surface area (Å²) >= 11 is 1.90. The maximum Gasteiger partial charge on any atom is 0.417 e. The van der Waals surface area contributed by atoms with Crippen LogP contribution in [0.25, 0.3) is 0 Å². The van der Waals surface area contributed by atoms with E-state index in [1.165, 1.54) is 6.07 Å². The van der Waals surface area contributed by atoms with E-state index in [9.17, 15) is 18.0 Å². The van der Waals surface area contributed by atoms with Crippen LogP contribution in [0.2, 0.25) is 0 Å². The molecule has 1 amide bonds. The number of ether oxygens (including phenoxy) is 2. The Bertz CT molecular complexity index is 898. The lowest BCUT2D eigenvalue weighted by molar-refractivity contribution is -0.142. The number of thioether (sulfide) groups is 1. The van der Waals surface area contributed by atoms with Crippen LogP contribution in [0.15, 0.2) is 12.3 Å². The minimum Gasteiger partial charge on any atom is -0.379 e. The Balaban J connectivity index is 1.31. The molecule has 4 heterocycles. The summed E-state index contributed by atoms with van der Waals surface area (Å²) in [7, 11) is 1.74. The smallest absolute Gasteiger partial charge is 0.379 e. The Morgan fingerprint density at radius 1 is 1.42 bits per heavy atom. The highest BCUT2D eigenvalue weighted by atomic mass is 32.2. The zero-order valence-electron chi connectivity index (χ0n) is 18.9. The lowest BCUT2D eigenvalue weighted by Gasteiger charge is -2.37. The van der Waals surface area contributed by atoms with Crippen LogP contribution in [0.4, 0.5) is 13.2 Å². The third-order valence-electron chi connectivity index (χ3n) is 8.14. The van der Waals surface area contributed by atoms with Crippen molar-refractivity contribution in [2.75, 3.05) is 32.6 Å². The first kappa shape index (κ1) is 23.4. The normalized spacial score (nSPS) is 34.2. The number of fused-ring (bicyclic) bond motifs is 2. The summed E-state index contributed by atoms with van der Waals surface area (Å²) in [5.74, 6) is 2.05. The van der Waals surface area contributed by atoms with E-state index in [0.717, 1.165) is 50.7 Å². The molecule has 4 aliphatic rings. The van der Waals surface area contributed by atoms with Crippen LogP contribution in [0.5, 0.6) is 0 Å². The van der Waals surface area contributed by atoms with E-state index in [0.29, 0.717) is 47.9 Å². The Hall–Kier alpha value is -1.32. The summed E-state index contributed by atoms with van der Waals surface area (Å²) in [5.41, 5.74) is 0.0856. The quantitative estimate of drug-likeness (QED) is 0.637. The van der Waals surface area contributed by atoms with Crippen molar-refractivity contribution >= 4 is 17.7 Å². The van der Waals surface area contributed by atoms with Crippen LogP contribution in [0.3, 0.4) is 0 Å². The maximum atomic E-state index is 13.9. The summed E-state index contributed by atoms with van der Waals surface area (Å²) in [6.07, 6.45) is 1.92. The molecule has 1 saturated carbocycles. The number of amides is 1. The zero-order valence-corrected chi connectivity index (χ0v) is 19.7. The lowest BCUT2D eigenvalue weighted by Crippen LogP contribution is -2.47. The zero-order chi connectivity index (χ0) is 23.2. The average molecular weight is 485 g/mol. The largest absolute Gasteiger partial charge is 0.417 e. The van der Waals surface area contributed by atoms with Gasteiger partial charge in [0.2, 0.25) is 5.91 Å². The van der Waals surface area contributed by atoms with Crippen LogP contribution >= 0.6 is 11.8 Å². The van der Waals surface area contributed by atoms with E-state index in [-0.39, 0.29) is 24.0 Å². The molecule has 182 valence electrons. The highest BCUT2D eigenvalue weighted by molar-refractivity contribution is 8.00. The molecule has 1 aliphatic carbocycles. The molecule has 3 aliphatic heterocycles. The summed E-state index contributed by atoms with van der Waals surface area (Å²) < 4.78 is 50.8. The number of halogens is 3. The second-order valence-corrected chi connectivity index (χ2v) is 11.3. The van der Waals surface area contributed by atoms with Crippen molar-refractivity contribution < 1.29 is 27.4 Å². The van der Waals surface area contributed by atoms with Crippen molar-refractivity contribution in [3.05, 3.63) is 29.1 Å². The third-order valence-corrected chi connectivity index (χ3v) is 9.63. The molecule has 1 aromatic rings. The Labute approximate surface area is 196 Å². The molecule has 5 atom stereocenters. The number of pyridine rings is 1. The van der Waals surface area contributed by atoms with Crippen LogP contribution < -0.4 is 0 Å².